The van der Waals surface area contributed by atoms with E-state index in [9.17, 15) is 0 Å². The number of ether oxygens (including phenoxy) is 1. The first-order valence-electron chi connectivity index (χ1n) is 5.06. The van der Waals surface area contributed by atoms with Crippen LogP contribution in [0, 0.1) is 6.92 Å². The van der Waals surface area contributed by atoms with E-state index in [1.54, 1.807) is 11.8 Å². The number of hydrogen-bond acceptors (Lipinski definition) is 3. The number of benzene rings is 1. The molecule has 0 bridgehead atoms. The number of aromatic nitrogens is 2. The van der Waals surface area contributed by atoms with Gasteiger partial charge in [-0.05, 0) is 24.6 Å². The Bertz CT molecular complexity index is 497. The van der Waals surface area contributed by atoms with Gasteiger partial charge in [-0.3, -0.25) is 4.68 Å². The monoisotopic (exact) mass is 217 g/mol. The molecule has 0 fully saturated rings. The van der Waals surface area contributed by atoms with Gasteiger partial charge in [0.25, 0.3) is 0 Å². The van der Waals surface area contributed by atoms with Crippen LogP contribution in [0.3, 0.4) is 0 Å². The molecule has 84 valence electrons. The molecule has 1 heterocycles. The highest BCUT2D eigenvalue weighted by Gasteiger charge is 2.08. The van der Waals surface area contributed by atoms with Gasteiger partial charge in [-0.25, -0.2) is 0 Å². The van der Waals surface area contributed by atoms with Crippen LogP contribution in [0.15, 0.2) is 24.3 Å². The van der Waals surface area contributed by atoms with E-state index in [0.29, 0.717) is 5.82 Å². The molecule has 2 N–H and O–H groups in total. The van der Waals surface area contributed by atoms with Crippen LogP contribution in [-0.4, -0.2) is 16.9 Å². The first-order valence-corrected chi connectivity index (χ1v) is 5.06. The van der Waals surface area contributed by atoms with Crippen molar-refractivity contribution in [3.05, 3.63) is 29.8 Å². The second-order valence-electron chi connectivity index (χ2n) is 3.76. The predicted octanol–water partition coefficient (Wildman–Crippen LogP) is 1.99. The molecule has 0 radical (unpaired) electrons. The normalized spacial score (nSPS) is 10.4. The molecule has 0 aliphatic rings. The largest absolute Gasteiger partial charge is 0.497 e. The lowest BCUT2D eigenvalue weighted by atomic mass is 10.1. The molecule has 0 atom stereocenters. The Labute approximate surface area is 94.6 Å². The van der Waals surface area contributed by atoms with E-state index < -0.39 is 0 Å². The van der Waals surface area contributed by atoms with Gasteiger partial charge in [0, 0.05) is 18.7 Å². The minimum absolute atomic E-state index is 0.650. The van der Waals surface area contributed by atoms with Crippen LogP contribution in [0.4, 0.5) is 5.82 Å². The average molecular weight is 217 g/mol. The highest BCUT2D eigenvalue weighted by atomic mass is 16.5. The van der Waals surface area contributed by atoms with Crippen molar-refractivity contribution in [3.63, 3.8) is 0 Å². The number of methoxy groups -OCH3 is 1. The van der Waals surface area contributed by atoms with Crippen LogP contribution in [0.2, 0.25) is 0 Å². The molecule has 1 aromatic carbocycles. The zero-order valence-electron chi connectivity index (χ0n) is 9.69. The molecule has 0 amide bonds. The highest BCUT2D eigenvalue weighted by Crippen LogP contribution is 2.27. The summed E-state index contributed by atoms with van der Waals surface area (Å²) in [5.41, 5.74) is 8.84. The second kappa shape index (κ2) is 3.89. The molecule has 0 unspecified atom stereocenters. The van der Waals surface area contributed by atoms with Gasteiger partial charge in [0.05, 0.1) is 12.8 Å². The van der Waals surface area contributed by atoms with Crippen LogP contribution in [-0.2, 0) is 7.05 Å². The standard InChI is InChI=1S/C12H15N3O/c1-8-4-5-9(16-3)6-10(8)11-7-12(13)15(2)14-11/h4-7H,13H2,1-3H3. The lowest BCUT2D eigenvalue weighted by Crippen LogP contribution is -1.96. The number of hydrogen-bond donors (Lipinski definition) is 1. The van der Waals surface area contributed by atoms with Crippen LogP contribution in [0.1, 0.15) is 5.56 Å². The molecule has 0 saturated heterocycles. The Morgan fingerprint density at radius 1 is 1.31 bits per heavy atom. The van der Waals surface area contributed by atoms with Crippen molar-refractivity contribution in [1.82, 2.24) is 9.78 Å². The van der Waals surface area contributed by atoms with Gasteiger partial charge >= 0.3 is 0 Å². The number of aryl methyl sites for hydroxylation is 2. The topological polar surface area (TPSA) is 53.1 Å². The quantitative estimate of drug-likeness (QED) is 0.836. The third-order valence-electron chi connectivity index (χ3n) is 2.64. The molecule has 1 aromatic heterocycles. The maximum absolute atomic E-state index is 5.77. The summed E-state index contributed by atoms with van der Waals surface area (Å²) in [6.45, 7) is 2.04. The molecular weight excluding hydrogens is 202 g/mol. The number of nitrogens with zero attached hydrogens (tertiary/aromatic N) is 2. The summed E-state index contributed by atoms with van der Waals surface area (Å²) in [5, 5.41) is 4.35. The summed E-state index contributed by atoms with van der Waals surface area (Å²) in [4.78, 5) is 0. The van der Waals surface area contributed by atoms with E-state index in [-0.39, 0.29) is 0 Å². The second-order valence-corrected chi connectivity index (χ2v) is 3.76. The summed E-state index contributed by atoms with van der Waals surface area (Å²) in [5.74, 6) is 1.47. The van der Waals surface area contributed by atoms with E-state index in [4.69, 9.17) is 10.5 Å². The van der Waals surface area contributed by atoms with Crippen LogP contribution in [0.25, 0.3) is 11.3 Å². The van der Waals surface area contributed by atoms with Gasteiger partial charge in [0.2, 0.25) is 0 Å². The molecule has 2 aromatic rings. The number of nitrogen functional groups attached to an aromatic ring is 1. The van der Waals surface area contributed by atoms with Gasteiger partial charge in [0.1, 0.15) is 11.6 Å². The van der Waals surface area contributed by atoms with E-state index in [0.717, 1.165) is 22.6 Å². The Morgan fingerprint density at radius 3 is 2.62 bits per heavy atom. The lowest BCUT2D eigenvalue weighted by molar-refractivity contribution is 0.415. The van der Waals surface area contributed by atoms with Crippen LogP contribution >= 0.6 is 0 Å². The van der Waals surface area contributed by atoms with E-state index in [2.05, 4.69) is 5.10 Å². The number of rotatable bonds is 2. The Hall–Kier alpha value is -1.97. The molecule has 0 aliphatic heterocycles. The number of anilines is 1. The van der Waals surface area contributed by atoms with Crippen molar-refractivity contribution in [2.75, 3.05) is 12.8 Å². The van der Waals surface area contributed by atoms with Crippen molar-refractivity contribution in [2.45, 2.75) is 6.92 Å². The van der Waals surface area contributed by atoms with Gasteiger partial charge in [-0.15, -0.1) is 0 Å². The Balaban J connectivity index is 2.54. The molecule has 4 nitrogen and oxygen atoms in total. The molecular formula is C12H15N3O. The first kappa shape index (κ1) is 10.5. The van der Waals surface area contributed by atoms with Gasteiger partial charge in [-0.1, -0.05) is 6.07 Å². The molecule has 4 heteroatoms. The van der Waals surface area contributed by atoms with E-state index >= 15 is 0 Å². The maximum atomic E-state index is 5.77. The lowest BCUT2D eigenvalue weighted by Gasteiger charge is -2.05. The Morgan fingerprint density at radius 2 is 2.06 bits per heavy atom. The van der Waals surface area contributed by atoms with Gasteiger partial charge in [-0.2, -0.15) is 5.10 Å². The Kier molecular flexibility index (Phi) is 2.56. The van der Waals surface area contributed by atoms with Crippen molar-refractivity contribution in [1.29, 1.82) is 0 Å². The van der Waals surface area contributed by atoms with Crippen molar-refractivity contribution < 1.29 is 4.74 Å². The fourth-order valence-corrected chi connectivity index (χ4v) is 1.62. The van der Waals surface area contributed by atoms with Crippen molar-refractivity contribution in [3.8, 4) is 17.0 Å². The third-order valence-corrected chi connectivity index (χ3v) is 2.64. The summed E-state index contributed by atoms with van der Waals surface area (Å²) < 4.78 is 6.86. The fourth-order valence-electron chi connectivity index (χ4n) is 1.62. The predicted molar refractivity (Wildman–Crippen MR) is 64.3 cm³/mol. The average Bonchev–Trinajstić information content (AvgIpc) is 2.60. The highest BCUT2D eigenvalue weighted by molar-refractivity contribution is 5.67. The zero-order valence-corrected chi connectivity index (χ0v) is 9.69. The SMILES string of the molecule is COc1ccc(C)c(-c2cc(N)n(C)n2)c1. The van der Waals surface area contributed by atoms with Crippen LogP contribution in [0.5, 0.6) is 5.75 Å². The fraction of sp³-hybridized carbons (Fsp3) is 0.250. The van der Waals surface area contributed by atoms with E-state index in [1.807, 2.05) is 38.2 Å². The van der Waals surface area contributed by atoms with Crippen LogP contribution < -0.4 is 10.5 Å². The first-order chi connectivity index (χ1) is 7.61. The molecule has 0 saturated carbocycles. The summed E-state index contributed by atoms with van der Waals surface area (Å²) in [7, 11) is 3.48. The smallest absolute Gasteiger partial charge is 0.121 e. The minimum atomic E-state index is 0.650. The molecule has 0 spiro atoms. The summed E-state index contributed by atoms with van der Waals surface area (Å²) in [6, 6.07) is 7.78. The third kappa shape index (κ3) is 1.74. The number of nitrogens with two attached hydrogens (primary N) is 1. The van der Waals surface area contributed by atoms with Gasteiger partial charge < -0.3 is 10.5 Å². The summed E-state index contributed by atoms with van der Waals surface area (Å²) in [6.07, 6.45) is 0. The van der Waals surface area contributed by atoms with Crippen molar-refractivity contribution >= 4 is 5.82 Å². The minimum Gasteiger partial charge on any atom is -0.497 e. The maximum Gasteiger partial charge on any atom is 0.121 e. The zero-order chi connectivity index (χ0) is 11.7. The molecule has 0 aliphatic carbocycles. The molecule has 2 rings (SSSR count). The van der Waals surface area contributed by atoms with Gasteiger partial charge in [0.15, 0.2) is 0 Å². The van der Waals surface area contributed by atoms with Crippen molar-refractivity contribution in [2.24, 2.45) is 7.05 Å². The van der Waals surface area contributed by atoms with E-state index in [1.165, 1.54) is 0 Å². The summed E-state index contributed by atoms with van der Waals surface area (Å²) >= 11 is 0. The molecule has 16 heavy (non-hydrogen) atoms.